The Kier molecular flexibility index (Phi) is 3.18. The third-order valence-electron chi connectivity index (χ3n) is 2.43. The van der Waals surface area contributed by atoms with E-state index in [4.69, 9.17) is 9.84 Å². The van der Waals surface area contributed by atoms with Crippen molar-refractivity contribution in [1.29, 1.82) is 0 Å². The van der Waals surface area contributed by atoms with E-state index in [1.165, 1.54) is 30.1 Å². The Hall–Kier alpha value is -2.50. The Labute approximate surface area is 103 Å². The quantitative estimate of drug-likeness (QED) is 0.849. The normalized spacial score (nSPS) is 10.3. The maximum absolute atomic E-state index is 10.7. The Bertz CT molecular complexity index is 560. The lowest BCUT2D eigenvalue weighted by atomic mass is 10.2. The first-order valence-corrected chi connectivity index (χ1v) is 5.24. The summed E-state index contributed by atoms with van der Waals surface area (Å²) < 4.78 is 6.66. The van der Waals surface area contributed by atoms with Gasteiger partial charge in [0.25, 0.3) is 0 Å². The van der Waals surface area contributed by atoms with E-state index in [2.05, 4.69) is 5.10 Å². The van der Waals surface area contributed by atoms with Gasteiger partial charge >= 0.3 is 5.97 Å². The van der Waals surface area contributed by atoms with Crippen molar-refractivity contribution in [2.75, 3.05) is 7.11 Å². The molecule has 0 fully saturated rings. The molecule has 0 aliphatic carbocycles. The Morgan fingerprint density at radius 3 is 2.61 bits per heavy atom. The minimum atomic E-state index is -0.946. The molecule has 0 saturated heterocycles. The van der Waals surface area contributed by atoms with Gasteiger partial charge in [-0.2, -0.15) is 5.10 Å². The molecular formula is C12H12N2O4. The number of benzene rings is 1. The highest BCUT2D eigenvalue weighted by Crippen LogP contribution is 2.23. The lowest BCUT2D eigenvalue weighted by molar-refractivity contribution is -0.136. The van der Waals surface area contributed by atoms with Crippen LogP contribution >= 0.6 is 0 Å². The average molecular weight is 248 g/mol. The second-order valence-corrected chi connectivity index (χ2v) is 3.68. The highest BCUT2D eigenvalue weighted by Gasteiger charge is 2.15. The number of ether oxygens (including phenoxy) is 1. The summed E-state index contributed by atoms with van der Waals surface area (Å²) in [6, 6.07) is 6.37. The van der Waals surface area contributed by atoms with Crippen molar-refractivity contribution in [3.05, 3.63) is 36.0 Å². The van der Waals surface area contributed by atoms with Crippen LogP contribution in [0.2, 0.25) is 0 Å². The van der Waals surface area contributed by atoms with Crippen molar-refractivity contribution in [1.82, 2.24) is 9.78 Å². The van der Waals surface area contributed by atoms with Crippen LogP contribution in [0.1, 0.15) is 5.56 Å². The summed E-state index contributed by atoms with van der Waals surface area (Å²) in [7, 11) is 1.46. The van der Waals surface area contributed by atoms with E-state index in [0.29, 0.717) is 17.1 Å². The number of phenolic OH excluding ortho intramolecular Hbond substituents is 1. The number of methoxy groups -OCH3 is 1. The van der Waals surface area contributed by atoms with Crippen molar-refractivity contribution in [2.24, 2.45) is 0 Å². The van der Waals surface area contributed by atoms with E-state index in [1.54, 1.807) is 12.1 Å². The number of hydrogen-bond donors (Lipinski definition) is 2. The van der Waals surface area contributed by atoms with E-state index in [9.17, 15) is 9.90 Å². The van der Waals surface area contributed by atoms with E-state index in [-0.39, 0.29) is 12.2 Å². The average Bonchev–Trinajstić information content (AvgIpc) is 2.72. The molecule has 18 heavy (non-hydrogen) atoms. The maximum Gasteiger partial charge on any atom is 0.308 e. The molecule has 1 heterocycles. The molecule has 0 radical (unpaired) electrons. The SMILES string of the molecule is COc1c(CC(=O)O)cnn1-c1ccc(O)cc1. The summed E-state index contributed by atoms with van der Waals surface area (Å²) in [5.74, 6) is -0.419. The minimum absolute atomic E-state index is 0.149. The molecule has 6 nitrogen and oxygen atoms in total. The van der Waals surface area contributed by atoms with Gasteiger partial charge in [-0.15, -0.1) is 0 Å². The van der Waals surface area contributed by atoms with E-state index < -0.39 is 5.97 Å². The van der Waals surface area contributed by atoms with Gasteiger partial charge in [0.15, 0.2) is 0 Å². The Morgan fingerprint density at radius 1 is 1.39 bits per heavy atom. The number of aromatic hydroxyl groups is 1. The van der Waals surface area contributed by atoms with Crippen LogP contribution in [-0.4, -0.2) is 33.1 Å². The number of aromatic nitrogens is 2. The first-order chi connectivity index (χ1) is 8.61. The topological polar surface area (TPSA) is 84.6 Å². The fourth-order valence-corrected chi connectivity index (χ4v) is 1.65. The second kappa shape index (κ2) is 4.79. The van der Waals surface area contributed by atoms with Crippen LogP contribution in [0.15, 0.2) is 30.5 Å². The number of carboxylic acids is 1. The molecule has 0 unspecified atom stereocenters. The number of carboxylic acid groups (broad SMARTS) is 1. The lowest BCUT2D eigenvalue weighted by Gasteiger charge is -2.07. The van der Waals surface area contributed by atoms with Gasteiger partial charge in [-0.05, 0) is 24.3 Å². The summed E-state index contributed by atoms with van der Waals surface area (Å²) >= 11 is 0. The van der Waals surface area contributed by atoms with Crippen LogP contribution in [0.4, 0.5) is 0 Å². The van der Waals surface area contributed by atoms with Crippen molar-refractivity contribution in [3.63, 3.8) is 0 Å². The summed E-state index contributed by atoms with van der Waals surface area (Å²) in [6.45, 7) is 0. The van der Waals surface area contributed by atoms with Crippen LogP contribution in [0.3, 0.4) is 0 Å². The number of aliphatic carboxylic acids is 1. The fourth-order valence-electron chi connectivity index (χ4n) is 1.65. The molecule has 0 aliphatic rings. The molecule has 1 aromatic carbocycles. The van der Waals surface area contributed by atoms with Crippen LogP contribution < -0.4 is 4.74 Å². The predicted octanol–water partition coefficient (Wildman–Crippen LogP) is 1.21. The number of rotatable bonds is 4. The highest BCUT2D eigenvalue weighted by molar-refractivity contribution is 5.71. The van der Waals surface area contributed by atoms with Gasteiger partial charge in [0.2, 0.25) is 5.88 Å². The van der Waals surface area contributed by atoms with Crippen molar-refractivity contribution in [3.8, 4) is 17.3 Å². The van der Waals surface area contributed by atoms with Gasteiger partial charge < -0.3 is 14.9 Å². The second-order valence-electron chi connectivity index (χ2n) is 3.68. The largest absolute Gasteiger partial charge is 0.508 e. The lowest BCUT2D eigenvalue weighted by Crippen LogP contribution is -2.03. The van der Waals surface area contributed by atoms with Gasteiger partial charge in [-0.3, -0.25) is 4.79 Å². The van der Waals surface area contributed by atoms with Crippen molar-refractivity contribution < 1.29 is 19.7 Å². The minimum Gasteiger partial charge on any atom is -0.508 e. The van der Waals surface area contributed by atoms with Crippen molar-refractivity contribution >= 4 is 5.97 Å². The number of carbonyl (C=O) groups is 1. The first-order valence-electron chi connectivity index (χ1n) is 5.24. The molecule has 0 aliphatic heterocycles. The molecule has 0 atom stereocenters. The number of hydrogen-bond acceptors (Lipinski definition) is 4. The molecule has 0 spiro atoms. The highest BCUT2D eigenvalue weighted by atomic mass is 16.5. The molecule has 0 bridgehead atoms. The summed E-state index contributed by atoms with van der Waals surface area (Å²) in [4.78, 5) is 10.7. The van der Waals surface area contributed by atoms with Crippen LogP contribution in [0, 0.1) is 0 Å². The van der Waals surface area contributed by atoms with Crippen LogP contribution in [-0.2, 0) is 11.2 Å². The smallest absolute Gasteiger partial charge is 0.308 e. The molecule has 6 heteroatoms. The predicted molar refractivity (Wildman–Crippen MR) is 63.1 cm³/mol. The van der Waals surface area contributed by atoms with Gasteiger partial charge in [-0.1, -0.05) is 0 Å². The zero-order chi connectivity index (χ0) is 13.1. The zero-order valence-electron chi connectivity index (χ0n) is 9.70. The van der Waals surface area contributed by atoms with Gasteiger partial charge in [0.1, 0.15) is 5.75 Å². The summed E-state index contributed by atoms with van der Waals surface area (Å²) in [5, 5.41) is 22.1. The number of phenols is 1. The molecule has 2 rings (SSSR count). The van der Waals surface area contributed by atoms with Crippen molar-refractivity contribution in [2.45, 2.75) is 6.42 Å². The molecule has 1 aromatic heterocycles. The standard InChI is InChI=1S/C12H12N2O4/c1-18-12-8(6-11(16)17)7-13-14(12)9-2-4-10(15)5-3-9/h2-5,7,15H,6H2,1H3,(H,16,17). The summed E-state index contributed by atoms with van der Waals surface area (Å²) in [5.41, 5.74) is 1.18. The fraction of sp³-hybridized carbons (Fsp3) is 0.167. The van der Waals surface area contributed by atoms with Gasteiger partial charge in [0, 0.05) is 5.56 Å². The molecule has 2 aromatic rings. The van der Waals surface area contributed by atoms with E-state index in [0.717, 1.165) is 0 Å². The third kappa shape index (κ3) is 2.27. The molecule has 0 amide bonds. The maximum atomic E-state index is 10.7. The first kappa shape index (κ1) is 12.0. The van der Waals surface area contributed by atoms with Crippen LogP contribution in [0.5, 0.6) is 11.6 Å². The molecular weight excluding hydrogens is 236 g/mol. The Balaban J connectivity index is 2.42. The molecule has 94 valence electrons. The van der Waals surface area contributed by atoms with E-state index in [1.807, 2.05) is 0 Å². The third-order valence-corrected chi connectivity index (χ3v) is 2.43. The van der Waals surface area contributed by atoms with Gasteiger partial charge in [-0.25, -0.2) is 4.68 Å². The Morgan fingerprint density at radius 2 is 2.06 bits per heavy atom. The molecule has 2 N–H and O–H groups in total. The summed E-state index contributed by atoms with van der Waals surface area (Å²) in [6.07, 6.45) is 1.31. The molecule has 0 saturated carbocycles. The monoisotopic (exact) mass is 248 g/mol. The van der Waals surface area contributed by atoms with Gasteiger partial charge in [0.05, 0.1) is 25.4 Å². The zero-order valence-corrected chi connectivity index (χ0v) is 9.70. The van der Waals surface area contributed by atoms with E-state index >= 15 is 0 Å². The number of nitrogens with zero attached hydrogens (tertiary/aromatic N) is 2. The van der Waals surface area contributed by atoms with Crippen LogP contribution in [0.25, 0.3) is 5.69 Å².